The van der Waals surface area contributed by atoms with Crippen LogP contribution in [-0.2, 0) is 27.3 Å². The Morgan fingerprint density at radius 3 is 1.43 bits per heavy atom. The van der Waals surface area contributed by atoms with E-state index in [2.05, 4.69) is 10.2 Å². The van der Waals surface area contributed by atoms with Gasteiger partial charge >= 0.3 is 0 Å². The predicted octanol–water partition coefficient (Wildman–Crippen LogP) is 0.830. The molecular formula is C14H22N4O3. The molecule has 2 rings (SSSR count). The molecule has 116 valence electrons. The minimum Gasteiger partial charge on any atom is -0.377 e. The van der Waals surface area contributed by atoms with Crippen molar-refractivity contribution in [2.75, 3.05) is 39.6 Å². The van der Waals surface area contributed by atoms with Crippen molar-refractivity contribution < 1.29 is 14.2 Å². The molecule has 7 nitrogen and oxygen atoms in total. The highest BCUT2D eigenvalue weighted by molar-refractivity contribution is 4.77. The molecule has 0 amide bonds. The van der Waals surface area contributed by atoms with Gasteiger partial charge in [0.25, 0.3) is 0 Å². The molecule has 0 atom stereocenters. The highest BCUT2D eigenvalue weighted by Gasteiger charge is 1.94. The van der Waals surface area contributed by atoms with Gasteiger partial charge in [-0.3, -0.25) is 9.36 Å². The predicted molar refractivity (Wildman–Crippen MR) is 76.9 cm³/mol. The molecule has 0 fully saturated rings. The van der Waals surface area contributed by atoms with Crippen LogP contribution < -0.4 is 0 Å². The first-order chi connectivity index (χ1) is 10.4. The van der Waals surface area contributed by atoms with Crippen LogP contribution in [0.1, 0.15) is 0 Å². The lowest BCUT2D eigenvalue weighted by Gasteiger charge is -2.07. The Morgan fingerprint density at radius 2 is 1.05 bits per heavy atom. The summed E-state index contributed by atoms with van der Waals surface area (Å²) in [5.41, 5.74) is 0. The van der Waals surface area contributed by atoms with E-state index in [-0.39, 0.29) is 0 Å². The average Bonchev–Trinajstić information content (AvgIpc) is 3.18. The van der Waals surface area contributed by atoms with Crippen molar-refractivity contribution in [3.8, 4) is 0 Å². The fraction of sp³-hybridized carbons (Fsp3) is 0.571. The summed E-state index contributed by atoms with van der Waals surface area (Å²) in [6.45, 7) is 5.18. The van der Waals surface area contributed by atoms with E-state index in [9.17, 15) is 0 Å². The number of nitrogens with zero attached hydrogens (tertiary/aromatic N) is 4. The Morgan fingerprint density at radius 1 is 0.619 bits per heavy atom. The molecule has 0 aliphatic carbocycles. The van der Waals surface area contributed by atoms with Gasteiger partial charge in [0.1, 0.15) is 0 Å². The van der Waals surface area contributed by atoms with Gasteiger partial charge in [-0.25, -0.2) is 0 Å². The third kappa shape index (κ3) is 7.03. The fourth-order valence-corrected chi connectivity index (χ4v) is 1.72. The summed E-state index contributed by atoms with van der Waals surface area (Å²) < 4.78 is 20.0. The molecule has 2 aromatic heterocycles. The smallest absolute Gasteiger partial charge is 0.0701 e. The summed E-state index contributed by atoms with van der Waals surface area (Å²) in [6, 6.07) is 3.80. The van der Waals surface area contributed by atoms with Gasteiger partial charge in [0, 0.05) is 24.8 Å². The average molecular weight is 294 g/mol. The van der Waals surface area contributed by atoms with Gasteiger partial charge in [-0.15, -0.1) is 0 Å². The maximum Gasteiger partial charge on any atom is 0.0701 e. The zero-order valence-corrected chi connectivity index (χ0v) is 12.1. The summed E-state index contributed by atoms with van der Waals surface area (Å²) in [7, 11) is 0. The van der Waals surface area contributed by atoms with Crippen molar-refractivity contribution in [3.63, 3.8) is 0 Å². The van der Waals surface area contributed by atoms with Crippen LogP contribution in [0.25, 0.3) is 0 Å². The monoisotopic (exact) mass is 294 g/mol. The first kappa shape index (κ1) is 15.7. The third-order valence-corrected chi connectivity index (χ3v) is 2.79. The molecule has 0 aliphatic heterocycles. The second-order valence-electron chi connectivity index (χ2n) is 4.38. The molecule has 0 unspecified atom stereocenters. The van der Waals surface area contributed by atoms with Crippen LogP contribution in [-0.4, -0.2) is 59.2 Å². The van der Waals surface area contributed by atoms with E-state index in [4.69, 9.17) is 14.2 Å². The van der Waals surface area contributed by atoms with Crippen molar-refractivity contribution >= 4 is 0 Å². The molecular weight excluding hydrogens is 272 g/mol. The molecule has 0 radical (unpaired) electrons. The molecule has 7 heteroatoms. The fourth-order valence-electron chi connectivity index (χ4n) is 1.72. The standard InChI is InChI=1S/C14H22N4O3/c1-3-15-17(5-1)7-9-19-11-13-21-14-12-20-10-8-18-6-2-4-16-18/h1-6H,7-14H2. The Hall–Kier alpha value is -1.70. The Kier molecular flexibility index (Phi) is 7.53. The molecule has 0 saturated heterocycles. The van der Waals surface area contributed by atoms with Gasteiger partial charge < -0.3 is 14.2 Å². The Bertz CT molecular complexity index is 402. The van der Waals surface area contributed by atoms with Gasteiger partial charge in [-0.05, 0) is 12.1 Å². The van der Waals surface area contributed by atoms with Crippen molar-refractivity contribution in [1.82, 2.24) is 19.6 Å². The molecule has 0 saturated carbocycles. The van der Waals surface area contributed by atoms with Gasteiger partial charge in [-0.2, -0.15) is 10.2 Å². The highest BCUT2D eigenvalue weighted by Crippen LogP contribution is 1.88. The van der Waals surface area contributed by atoms with Crippen LogP contribution in [0.3, 0.4) is 0 Å². The van der Waals surface area contributed by atoms with Gasteiger partial charge in [0.2, 0.25) is 0 Å². The highest BCUT2D eigenvalue weighted by atomic mass is 16.5. The third-order valence-electron chi connectivity index (χ3n) is 2.79. The van der Waals surface area contributed by atoms with E-state index in [0.29, 0.717) is 39.6 Å². The largest absolute Gasteiger partial charge is 0.377 e. The van der Waals surface area contributed by atoms with Gasteiger partial charge in [-0.1, -0.05) is 0 Å². The number of rotatable bonds is 12. The van der Waals surface area contributed by atoms with Crippen LogP contribution in [0.2, 0.25) is 0 Å². The van der Waals surface area contributed by atoms with Crippen LogP contribution in [0.15, 0.2) is 36.9 Å². The van der Waals surface area contributed by atoms with E-state index in [1.54, 1.807) is 12.4 Å². The second-order valence-corrected chi connectivity index (χ2v) is 4.38. The first-order valence-electron chi connectivity index (χ1n) is 7.13. The van der Waals surface area contributed by atoms with Crippen LogP contribution in [0.5, 0.6) is 0 Å². The van der Waals surface area contributed by atoms with E-state index in [1.165, 1.54) is 0 Å². The molecule has 0 aromatic carbocycles. The molecule has 21 heavy (non-hydrogen) atoms. The minimum atomic E-state index is 0.585. The molecule has 0 bridgehead atoms. The number of hydrogen-bond donors (Lipinski definition) is 0. The van der Waals surface area contributed by atoms with E-state index >= 15 is 0 Å². The van der Waals surface area contributed by atoms with E-state index < -0.39 is 0 Å². The summed E-state index contributed by atoms with van der Waals surface area (Å²) in [5, 5.41) is 8.19. The summed E-state index contributed by atoms with van der Waals surface area (Å²) in [5.74, 6) is 0. The first-order valence-corrected chi connectivity index (χ1v) is 7.13. The molecule has 2 aromatic rings. The van der Waals surface area contributed by atoms with Crippen molar-refractivity contribution in [2.24, 2.45) is 0 Å². The minimum absolute atomic E-state index is 0.585. The zero-order chi connectivity index (χ0) is 14.6. The molecule has 0 spiro atoms. The van der Waals surface area contributed by atoms with Crippen LogP contribution in [0.4, 0.5) is 0 Å². The maximum atomic E-state index is 5.45. The van der Waals surface area contributed by atoms with Crippen LogP contribution in [0, 0.1) is 0 Å². The lowest BCUT2D eigenvalue weighted by atomic mass is 10.6. The number of hydrogen-bond acceptors (Lipinski definition) is 5. The second kappa shape index (κ2) is 10.1. The van der Waals surface area contributed by atoms with Crippen molar-refractivity contribution in [3.05, 3.63) is 36.9 Å². The SMILES string of the molecule is c1cnn(CCOCCOCCOCCn2cccn2)c1. The van der Waals surface area contributed by atoms with Gasteiger partial charge in [0.15, 0.2) is 0 Å². The van der Waals surface area contributed by atoms with Crippen molar-refractivity contribution in [2.45, 2.75) is 13.1 Å². The Labute approximate surface area is 124 Å². The topological polar surface area (TPSA) is 63.3 Å². The normalized spacial score (nSPS) is 11.0. The lowest BCUT2D eigenvalue weighted by molar-refractivity contribution is 0.0111. The van der Waals surface area contributed by atoms with Gasteiger partial charge in [0.05, 0.1) is 52.7 Å². The number of ether oxygens (including phenoxy) is 3. The summed E-state index contributed by atoms with van der Waals surface area (Å²) in [6.07, 6.45) is 7.35. The number of aromatic nitrogens is 4. The molecule has 0 N–H and O–H groups in total. The summed E-state index contributed by atoms with van der Waals surface area (Å²) >= 11 is 0. The summed E-state index contributed by atoms with van der Waals surface area (Å²) in [4.78, 5) is 0. The van der Waals surface area contributed by atoms with Crippen LogP contribution >= 0.6 is 0 Å². The van der Waals surface area contributed by atoms with Crippen molar-refractivity contribution in [1.29, 1.82) is 0 Å². The quantitative estimate of drug-likeness (QED) is 0.543. The maximum absolute atomic E-state index is 5.45. The van der Waals surface area contributed by atoms with E-state index in [1.807, 2.05) is 33.9 Å². The Balaban J connectivity index is 1.31. The molecule has 2 heterocycles. The molecule has 0 aliphatic rings. The zero-order valence-electron chi connectivity index (χ0n) is 12.1. The van der Waals surface area contributed by atoms with E-state index in [0.717, 1.165) is 13.1 Å². The lowest BCUT2D eigenvalue weighted by Crippen LogP contribution is -2.13.